The highest BCUT2D eigenvalue weighted by atomic mass is 16.5. The van der Waals surface area contributed by atoms with Crippen molar-refractivity contribution in [3.63, 3.8) is 0 Å². The molecule has 2 aromatic rings. The predicted octanol–water partition coefficient (Wildman–Crippen LogP) is 2.15. The van der Waals surface area contributed by atoms with Gasteiger partial charge in [0.2, 0.25) is 11.8 Å². The number of rotatable bonds is 6. The van der Waals surface area contributed by atoms with Gasteiger partial charge >= 0.3 is 6.03 Å². The van der Waals surface area contributed by atoms with Crippen LogP contribution < -0.4 is 10.6 Å². The Bertz CT molecular complexity index is 724. The fourth-order valence-corrected chi connectivity index (χ4v) is 2.05. The molecule has 0 spiro atoms. The van der Waals surface area contributed by atoms with E-state index in [2.05, 4.69) is 20.8 Å². The lowest BCUT2D eigenvalue weighted by atomic mass is 10.1. The second-order valence-electron chi connectivity index (χ2n) is 6.04. The SMILES string of the molecule is CNC(=O)Cc1ccc(NC(=O)N(C)Cc2noc(C(C)C)n2)cc1. The van der Waals surface area contributed by atoms with Gasteiger partial charge in [0, 0.05) is 25.7 Å². The molecule has 134 valence electrons. The average molecular weight is 345 g/mol. The number of nitrogens with one attached hydrogen (secondary N) is 2. The van der Waals surface area contributed by atoms with Gasteiger partial charge in [-0.1, -0.05) is 31.1 Å². The van der Waals surface area contributed by atoms with E-state index in [9.17, 15) is 9.59 Å². The van der Waals surface area contributed by atoms with Gasteiger partial charge in [0.25, 0.3) is 0 Å². The molecule has 25 heavy (non-hydrogen) atoms. The number of aromatic nitrogens is 2. The number of urea groups is 1. The van der Waals surface area contributed by atoms with E-state index in [1.807, 2.05) is 13.8 Å². The Balaban J connectivity index is 1.90. The molecule has 2 N–H and O–H groups in total. The van der Waals surface area contributed by atoms with Gasteiger partial charge in [-0.2, -0.15) is 4.98 Å². The maximum absolute atomic E-state index is 12.2. The van der Waals surface area contributed by atoms with Gasteiger partial charge in [-0.25, -0.2) is 4.79 Å². The highest BCUT2D eigenvalue weighted by Gasteiger charge is 2.15. The van der Waals surface area contributed by atoms with Crippen LogP contribution in [0.2, 0.25) is 0 Å². The minimum Gasteiger partial charge on any atom is -0.359 e. The van der Waals surface area contributed by atoms with E-state index in [0.717, 1.165) is 5.56 Å². The minimum absolute atomic E-state index is 0.0580. The standard InChI is InChI=1S/C17H23N5O3/c1-11(2)16-20-14(21-25-16)10-22(4)17(24)19-13-7-5-12(6-8-13)9-15(23)18-3/h5-8,11H,9-10H2,1-4H3,(H,18,23)(H,19,24). The largest absolute Gasteiger partial charge is 0.359 e. The third kappa shape index (κ3) is 5.30. The second-order valence-corrected chi connectivity index (χ2v) is 6.04. The minimum atomic E-state index is -0.282. The molecule has 0 atom stereocenters. The van der Waals surface area contributed by atoms with Gasteiger partial charge in [-0.3, -0.25) is 4.79 Å². The molecule has 2 rings (SSSR count). The molecule has 8 nitrogen and oxygen atoms in total. The Morgan fingerprint density at radius 1 is 1.24 bits per heavy atom. The van der Waals surface area contributed by atoms with Crippen LogP contribution in [0.25, 0.3) is 0 Å². The van der Waals surface area contributed by atoms with E-state index in [1.54, 1.807) is 38.4 Å². The molecule has 0 aliphatic carbocycles. The van der Waals surface area contributed by atoms with Crippen LogP contribution in [0.5, 0.6) is 0 Å². The predicted molar refractivity (Wildman–Crippen MR) is 93.1 cm³/mol. The first-order chi connectivity index (χ1) is 11.9. The lowest BCUT2D eigenvalue weighted by Crippen LogP contribution is -2.31. The average Bonchev–Trinajstić information content (AvgIpc) is 3.05. The monoisotopic (exact) mass is 345 g/mol. The van der Waals surface area contributed by atoms with Crippen LogP contribution in [-0.4, -0.2) is 41.1 Å². The van der Waals surface area contributed by atoms with Crippen LogP contribution in [0.3, 0.4) is 0 Å². The summed E-state index contributed by atoms with van der Waals surface area (Å²) >= 11 is 0. The normalized spacial score (nSPS) is 10.6. The van der Waals surface area contributed by atoms with E-state index in [1.165, 1.54) is 4.90 Å². The summed E-state index contributed by atoms with van der Waals surface area (Å²) in [6.07, 6.45) is 0.306. The van der Waals surface area contributed by atoms with Crippen LogP contribution in [0.1, 0.15) is 37.0 Å². The molecule has 0 aliphatic rings. The molecule has 8 heteroatoms. The summed E-state index contributed by atoms with van der Waals surface area (Å²) in [5.74, 6) is 1.10. The summed E-state index contributed by atoms with van der Waals surface area (Å²) in [6, 6.07) is 6.84. The van der Waals surface area contributed by atoms with Gasteiger partial charge in [0.1, 0.15) is 0 Å². The number of amides is 3. The summed E-state index contributed by atoms with van der Waals surface area (Å²) in [7, 11) is 3.25. The van der Waals surface area contributed by atoms with Crippen molar-refractivity contribution in [2.24, 2.45) is 0 Å². The van der Waals surface area contributed by atoms with Crippen molar-refractivity contribution < 1.29 is 14.1 Å². The van der Waals surface area contributed by atoms with Gasteiger partial charge in [0.15, 0.2) is 5.82 Å². The molecule has 1 aromatic heterocycles. The quantitative estimate of drug-likeness (QED) is 0.835. The van der Waals surface area contributed by atoms with Crippen molar-refractivity contribution >= 4 is 17.6 Å². The molecule has 0 bridgehead atoms. The maximum Gasteiger partial charge on any atom is 0.321 e. The number of anilines is 1. The molecule has 1 heterocycles. The summed E-state index contributed by atoms with van der Waals surface area (Å²) in [5.41, 5.74) is 1.52. The maximum atomic E-state index is 12.2. The third-order valence-corrected chi connectivity index (χ3v) is 3.55. The molecule has 0 fully saturated rings. The number of hydrogen-bond donors (Lipinski definition) is 2. The van der Waals surface area contributed by atoms with Crippen LogP contribution in [0, 0.1) is 0 Å². The highest BCUT2D eigenvalue weighted by molar-refractivity contribution is 5.89. The fourth-order valence-electron chi connectivity index (χ4n) is 2.05. The highest BCUT2D eigenvalue weighted by Crippen LogP contribution is 2.13. The van der Waals surface area contributed by atoms with Gasteiger partial charge in [-0.05, 0) is 17.7 Å². The lowest BCUT2D eigenvalue weighted by molar-refractivity contribution is -0.119. The van der Waals surface area contributed by atoms with Crippen molar-refractivity contribution in [1.82, 2.24) is 20.4 Å². The van der Waals surface area contributed by atoms with E-state index in [-0.39, 0.29) is 24.4 Å². The Kier molecular flexibility index (Phi) is 6.10. The van der Waals surface area contributed by atoms with Crippen molar-refractivity contribution in [3.05, 3.63) is 41.5 Å². The molecule has 0 saturated heterocycles. The van der Waals surface area contributed by atoms with Crippen molar-refractivity contribution in [3.8, 4) is 0 Å². The van der Waals surface area contributed by atoms with Gasteiger partial charge in [0.05, 0.1) is 13.0 Å². The molecule has 3 amide bonds. The first-order valence-corrected chi connectivity index (χ1v) is 8.03. The Hall–Kier alpha value is -2.90. The fraction of sp³-hybridized carbons (Fsp3) is 0.412. The number of benzene rings is 1. The number of nitrogens with zero attached hydrogens (tertiary/aromatic N) is 3. The molecule has 0 aliphatic heterocycles. The van der Waals surface area contributed by atoms with Crippen molar-refractivity contribution in [1.29, 1.82) is 0 Å². The molecule has 0 radical (unpaired) electrons. The second kappa shape index (κ2) is 8.27. The summed E-state index contributed by atoms with van der Waals surface area (Å²) < 4.78 is 5.13. The van der Waals surface area contributed by atoms with Crippen molar-refractivity contribution in [2.75, 3.05) is 19.4 Å². The van der Waals surface area contributed by atoms with Crippen molar-refractivity contribution in [2.45, 2.75) is 32.7 Å². The third-order valence-electron chi connectivity index (χ3n) is 3.55. The topological polar surface area (TPSA) is 100 Å². The Labute approximate surface area is 146 Å². The first kappa shape index (κ1) is 18.4. The Morgan fingerprint density at radius 3 is 2.48 bits per heavy atom. The summed E-state index contributed by atoms with van der Waals surface area (Å²) in [4.78, 5) is 29.3. The zero-order valence-corrected chi connectivity index (χ0v) is 14.9. The molecular formula is C17H23N5O3. The van der Waals surface area contributed by atoms with Crippen LogP contribution in [0.15, 0.2) is 28.8 Å². The van der Waals surface area contributed by atoms with E-state index in [0.29, 0.717) is 23.8 Å². The number of carbonyl (C=O) groups is 2. The lowest BCUT2D eigenvalue weighted by Gasteiger charge is -2.16. The molecule has 0 saturated carbocycles. The van der Waals surface area contributed by atoms with Crippen LogP contribution in [-0.2, 0) is 17.8 Å². The summed E-state index contributed by atoms with van der Waals surface area (Å²) in [5, 5.41) is 9.23. The van der Waals surface area contributed by atoms with E-state index < -0.39 is 0 Å². The molecule has 1 aromatic carbocycles. The number of hydrogen-bond acceptors (Lipinski definition) is 5. The smallest absolute Gasteiger partial charge is 0.321 e. The summed E-state index contributed by atoms with van der Waals surface area (Å²) in [6.45, 7) is 4.17. The number of carbonyl (C=O) groups excluding carboxylic acids is 2. The first-order valence-electron chi connectivity index (χ1n) is 8.03. The van der Waals surface area contributed by atoms with Crippen LogP contribution >= 0.6 is 0 Å². The number of likely N-dealkylation sites (N-methyl/N-ethyl adjacent to an activating group) is 1. The molecular weight excluding hydrogens is 322 g/mol. The van der Waals surface area contributed by atoms with Gasteiger partial charge in [-0.15, -0.1) is 0 Å². The van der Waals surface area contributed by atoms with E-state index >= 15 is 0 Å². The van der Waals surface area contributed by atoms with E-state index in [4.69, 9.17) is 4.52 Å². The van der Waals surface area contributed by atoms with Crippen LogP contribution in [0.4, 0.5) is 10.5 Å². The Morgan fingerprint density at radius 2 is 1.92 bits per heavy atom. The zero-order chi connectivity index (χ0) is 18.4. The molecule has 0 unspecified atom stereocenters. The van der Waals surface area contributed by atoms with Gasteiger partial charge < -0.3 is 20.1 Å². The zero-order valence-electron chi connectivity index (χ0n) is 14.9.